The number of halogens is 1. The van der Waals surface area contributed by atoms with Crippen molar-refractivity contribution < 1.29 is 9.53 Å². The lowest BCUT2D eigenvalue weighted by molar-refractivity contribution is 0.0527. The highest BCUT2D eigenvalue weighted by atomic mass is 35.5. The second-order valence-corrected chi connectivity index (χ2v) is 10.2. The number of piperazine rings is 1. The molecule has 2 aromatic rings. The van der Waals surface area contributed by atoms with Gasteiger partial charge in [-0.3, -0.25) is 4.90 Å². The summed E-state index contributed by atoms with van der Waals surface area (Å²) in [6, 6.07) is 8.04. The molecule has 0 spiro atoms. The number of nitrogens with one attached hydrogen (secondary N) is 1. The summed E-state index contributed by atoms with van der Waals surface area (Å²) in [5, 5.41) is 5.72. The molecule has 1 N–H and O–H groups in total. The zero-order chi connectivity index (χ0) is 22.5. The van der Waals surface area contributed by atoms with E-state index in [9.17, 15) is 4.79 Å². The highest BCUT2D eigenvalue weighted by molar-refractivity contribution is 7.80. The summed E-state index contributed by atoms with van der Waals surface area (Å²) < 4.78 is 5.39. The highest BCUT2D eigenvalue weighted by Gasteiger charge is 2.27. The molecule has 1 saturated heterocycles. The van der Waals surface area contributed by atoms with Crippen LogP contribution in [0.3, 0.4) is 0 Å². The number of aryl methyl sites for hydroxylation is 1. The Hall–Kier alpha value is -1.67. The van der Waals surface area contributed by atoms with Crippen molar-refractivity contribution in [2.24, 2.45) is 0 Å². The van der Waals surface area contributed by atoms with Crippen LogP contribution < -0.4 is 5.32 Å². The normalized spacial score (nSPS) is 16.9. The second kappa shape index (κ2) is 11.0. The van der Waals surface area contributed by atoms with Gasteiger partial charge in [0.15, 0.2) is 5.11 Å². The molecule has 8 heteroatoms. The van der Waals surface area contributed by atoms with Crippen LogP contribution in [0.5, 0.6) is 0 Å². The van der Waals surface area contributed by atoms with Gasteiger partial charge < -0.3 is 15.0 Å². The van der Waals surface area contributed by atoms with Gasteiger partial charge in [-0.1, -0.05) is 30.2 Å². The lowest BCUT2D eigenvalue weighted by atomic mass is 10.1. The minimum Gasteiger partial charge on any atom is -0.462 e. The first-order valence-corrected chi connectivity index (χ1v) is 13.0. The van der Waals surface area contributed by atoms with Crippen molar-refractivity contribution >= 4 is 51.2 Å². The van der Waals surface area contributed by atoms with E-state index in [1.807, 2.05) is 19.1 Å². The van der Waals surface area contributed by atoms with Crippen molar-refractivity contribution in [3.8, 4) is 0 Å². The van der Waals surface area contributed by atoms with Gasteiger partial charge in [0.1, 0.15) is 5.00 Å². The molecule has 0 amide bonds. The minimum absolute atomic E-state index is 0.231. The number of nitrogens with zero attached hydrogens (tertiary/aromatic N) is 2. The van der Waals surface area contributed by atoms with Gasteiger partial charge in [-0.25, -0.2) is 4.79 Å². The number of ether oxygens (including phenoxy) is 1. The average Bonchev–Trinajstić information content (AvgIpc) is 2.96. The summed E-state index contributed by atoms with van der Waals surface area (Å²) in [4.78, 5) is 18.7. The van der Waals surface area contributed by atoms with E-state index < -0.39 is 0 Å². The number of rotatable bonds is 5. The van der Waals surface area contributed by atoms with Gasteiger partial charge in [0.2, 0.25) is 0 Å². The summed E-state index contributed by atoms with van der Waals surface area (Å²) in [6.07, 6.45) is 5.48. The Morgan fingerprint density at radius 2 is 1.84 bits per heavy atom. The van der Waals surface area contributed by atoms with E-state index in [-0.39, 0.29) is 5.97 Å². The van der Waals surface area contributed by atoms with Crippen LogP contribution in [0.4, 0.5) is 5.00 Å². The fourth-order valence-electron chi connectivity index (χ4n) is 4.38. The SMILES string of the molecule is CCOC(=O)c1c(NC(=S)N2CCN(Cc3ccc(Cl)cc3)CC2)sc2c1CCCCC2. The summed E-state index contributed by atoms with van der Waals surface area (Å²) >= 11 is 13.4. The maximum atomic E-state index is 12.8. The smallest absolute Gasteiger partial charge is 0.341 e. The Labute approximate surface area is 204 Å². The monoisotopic (exact) mass is 491 g/mol. The van der Waals surface area contributed by atoms with Crippen LogP contribution in [0.25, 0.3) is 0 Å². The first-order valence-electron chi connectivity index (χ1n) is 11.4. The summed E-state index contributed by atoms with van der Waals surface area (Å²) in [5.41, 5.74) is 3.14. The Morgan fingerprint density at radius 1 is 1.12 bits per heavy atom. The van der Waals surface area contributed by atoms with E-state index in [1.54, 1.807) is 11.3 Å². The third-order valence-corrected chi connectivity index (χ3v) is 7.92. The molecule has 2 heterocycles. The van der Waals surface area contributed by atoms with Crippen LogP contribution in [-0.4, -0.2) is 53.7 Å². The molecule has 0 unspecified atom stereocenters. The van der Waals surface area contributed by atoms with Crippen LogP contribution in [0.15, 0.2) is 24.3 Å². The lowest BCUT2D eigenvalue weighted by Gasteiger charge is -2.36. The van der Waals surface area contributed by atoms with Gasteiger partial charge in [0.25, 0.3) is 0 Å². The summed E-state index contributed by atoms with van der Waals surface area (Å²) in [5.74, 6) is -0.231. The average molecular weight is 492 g/mol. The predicted octanol–water partition coefficient (Wildman–Crippen LogP) is 5.36. The molecule has 0 bridgehead atoms. The molecule has 2 aliphatic rings. The maximum absolute atomic E-state index is 12.8. The molecule has 0 atom stereocenters. The predicted molar refractivity (Wildman–Crippen MR) is 136 cm³/mol. The molecule has 0 saturated carbocycles. The minimum atomic E-state index is -0.231. The molecular weight excluding hydrogens is 462 g/mol. The van der Waals surface area contributed by atoms with Crippen molar-refractivity contribution in [3.63, 3.8) is 0 Å². The van der Waals surface area contributed by atoms with Crippen LogP contribution in [0.2, 0.25) is 5.02 Å². The Balaban J connectivity index is 1.39. The summed E-state index contributed by atoms with van der Waals surface area (Å²) in [7, 11) is 0. The fraction of sp³-hybridized carbons (Fsp3) is 0.500. The highest BCUT2D eigenvalue weighted by Crippen LogP contribution is 2.38. The second-order valence-electron chi connectivity index (χ2n) is 8.31. The molecule has 5 nitrogen and oxygen atoms in total. The molecular formula is C24H30ClN3O2S2. The van der Waals surface area contributed by atoms with E-state index in [0.29, 0.717) is 17.3 Å². The van der Waals surface area contributed by atoms with Gasteiger partial charge in [0.05, 0.1) is 12.2 Å². The zero-order valence-electron chi connectivity index (χ0n) is 18.5. The number of carbonyl (C=O) groups is 1. The number of hydrogen-bond donors (Lipinski definition) is 1. The quantitative estimate of drug-likeness (QED) is 0.345. The number of anilines is 1. The Morgan fingerprint density at radius 3 is 2.56 bits per heavy atom. The maximum Gasteiger partial charge on any atom is 0.341 e. The zero-order valence-corrected chi connectivity index (χ0v) is 20.9. The molecule has 172 valence electrons. The Kier molecular flexibility index (Phi) is 8.05. The van der Waals surface area contributed by atoms with Gasteiger partial charge in [-0.05, 0) is 68.1 Å². The molecule has 1 aromatic carbocycles. The molecule has 4 rings (SSSR count). The van der Waals surface area contributed by atoms with Crippen molar-refractivity contribution in [2.45, 2.75) is 45.6 Å². The van der Waals surface area contributed by atoms with Crippen LogP contribution >= 0.6 is 35.2 Å². The molecule has 1 aromatic heterocycles. The first-order chi connectivity index (χ1) is 15.5. The number of hydrogen-bond acceptors (Lipinski definition) is 5. The number of thiocarbonyl (C=S) groups is 1. The fourth-order valence-corrected chi connectivity index (χ4v) is 6.13. The third-order valence-electron chi connectivity index (χ3n) is 6.10. The standard InChI is InChI=1S/C24H30ClN3O2S2/c1-2-30-23(29)21-19-6-4-3-5-7-20(19)32-22(21)26-24(31)28-14-12-27(13-15-28)16-17-8-10-18(25)11-9-17/h8-11H,2-7,12-16H2,1H3,(H,26,31). The number of carbonyl (C=O) groups excluding carboxylic acids is 1. The van der Waals surface area contributed by atoms with E-state index in [4.69, 9.17) is 28.6 Å². The van der Waals surface area contributed by atoms with E-state index >= 15 is 0 Å². The van der Waals surface area contributed by atoms with Crippen LogP contribution in [0, 0.1) is 0 Å². The van der Waals surface area contributed by atoms with Gasteiger partial charge in [-0.2, -0.15) is 0 Å². The van der Waals surface area contributed by atoms with Crippen molar-refractivity contribution in [1.82, 2.24) is 9.80 Å². The van der Waals surface area contributed by atoms with E-state index in [2.05, 4.69) is 27.2 Å². The number of benzene rings is 1. The van der Waals surface area contributed by atoms with E-state index in [1.165, 1.54) is 28.8 Å². The molecule has 1 fully saturated rings. The molecule has 32 heavy (non-hydrogen) atoms. The third kappa shape index (κ3) is 5.63. The number of esters is 1. The molecule has 1 aliphatic carbocycles. The van der Waals surface area contributed by atoms with Gasteiger partial charge in [-0.15, -0.1) is 11.3 Å². The van der Waals surface area contributed by atoms with Crippen LogP contribution in [-0.2, 0) is 24.1 Å². The number of thiophene rings is 1. The summed E-state index contributed by atoms with van der Waals surface area (Å²) in [6.45, 7) is 6.74. The first kappa shape index (κ1) is 23.5. The topological polar surface area (TPSA) is 44.8 Å². The molecule has 1 aliphatic heterocycles. The van der Waals surface area contributed by atoms with Crippen molar-refractivity contribution in [3.05, 3.63) is 50.9 Å². The lowest BCUT2D eigenvalue weighted by Crippen LogP contribution is -2.49. The van der Waals surface area contributed by atoms with Gasteiger partial charge in [0, 0.05) is 42.6 Å². The van der Waals surface area contributed by atoms with Crippen molar-refractivity contribution in [2.75, 3.05) is 38.1 Å². The van der Waals surface area contributed by atoms with Gasteiger partial charge >= 0.3 is 5.97 Å². The number of fused-ring (bicyclic) bond motifs is 1. The van der Waals surface area contributed by atoms with Crippen LogP contribution in [0.1, 0.15) is 52.5 Å². The van der Waals surface area contributed by atoms with Crippen molar-refractivity contribution in [1.29, 1.82) is 0 Å². The Bertz CT molecular complexity index is 953. The molecule has 0 radical (unpaired) electrons. The van der Waals surface area contributed by atoms with E-state index in [0.717, 1.165) is 62.0 Å². The largest absolute Gasteiger partial charge is 0.462 e.